The van der Waals surface area contributed by atoms with Crippen molar-refractivity contribution in [3.05, 3.63) is 0 Å². The zero-order valence-electron chi connectivity index (χ0n) is 8.42. The van der Waals surface area contributed by atoms with Gasteiger partial charge in [0.25, 0.3) is 0 Å². The average molecular weight is 182 g/mol. The van der Waals surface area contributed by atoms with Crippen molar-refractivity contribution in [2.24, 2.45) is 11.8 Å². The molecule has 3 heteroatoms. The van der Waals surface area contributed by atoms with E-state index < -0.39 is 0 Å². The number of hydrogen-bond donors (Lipinski definition) is 1. The monoisotopic (exact) mass is 182 g/mol. The van der Waals surface area contributed by atoms with Crippen molar-refractivity contribution in [1.29, 1.82) is 5.26 Å². The minimum absolute atomic E-state index is 0.0955. The number of rotatable bonds is 6. The Morgan fingerprint density at radius 3 is 2.77 bits per heavy atom. The van der Waals surface area contributed by atoms with Crippen LogP contribution in [-0.4, -0.2) is 26.3 Å². The van der Waals surface area contributed by atoms with Gasteiger partial charge < -0.3 is 10.1 Å². The van der Waals surface area contributed by atoms with Crippen molar-refractivity contribution < 1.29 is 4.74 Å². The molecule has 0 saturated heterocycles. The van der Waals surface area contributed by atoms with Crippen molar-refractivity contribution in [1.82, 2.24) is 5.32 Å². The molecule has 74 valence electrons. The molecule has 0 aliphatic heterocycles. The molecular formula is C10H18N2O. The lowest BCUT2D eigenvalue weighted by Crippen LogP contribution is -2.37. The molecule has 0 radical (unpaired) electrons. The summed E-state index contributed by atoms with van der Waals surface area (Å²) in [7, 11) is 1.73. The van der Waals surface area contributed by atoms with Gasteiger partial charge >= 0.3 is 0 Å². The normalized spacial score (nSPS) is 20.7. The molecule has 1 saturated carbocycles. The van der Waals surface area contributed by atoms with Crippen molar-refractivity contribution >= 4 is 0 Å². The molecule has 1 aliphatic carbocycles. The molecule has 13 heavy (non-hydrogen) atoms. The zero-order valence-corrected chi connectivity index (χ0v) is 8.42. The Labute approximate surface area is 80.1 Å². The SMILES string of the molecule is COCC(NCC(C)C#N)C1CC1. The predicted octanol–water partition coefficient (Wildman–Crippen LogP) is 1.16. The Bertz CT molecular complexity index is 184. The second-order valence-electron chi connectivity index (χ2n) is 3.84. The van der Waals surface area contributed by atoms with Crippen LogP contribution in [-0.2, 0) is 4.74 Å². The van der Waals surface area contributed by atoms with Crippen molar-refractivity contribution in [2.75, 3.05) is 20.3 Å². The molecule has 0 spiro atoms. The van der Waals surface area contributed by atoms with Crippen LogP contribution in [0.2, 0.25) is 0 Å². The number of nitrogens with one attached hydrogen (secondary N) is 1. The minimum atomic E-state index is 0.0955. The highest BCUT2D eigenvalue weighted by Gasteiger charge is 2.30. The number of hydrogen-bond acceptors (Lipinski definition) is 3. The van der Waals surface area contributed by atoms with E-state index in [1.807, 2.05) is 6.92 Å². The fourth-order valence-corrected chi connectivity index (χ4v) is 1.41. The highest BCUT2D eigenvalue weighted by atomic mass is 16.5. The largest absolute Gasteiger partial charge is 0.383 e. The summed E-state index contributed by atoms with van der Waals surface area (Å²) >= 11 is 0. The van der Waals surface area contributed by atoms with Crippen LogP contribution in [0.3, 0.4) is 0 Å². The standard InChI is InChI=1S/C10H18N2O/c1-8(5-11)6-12-10(7-13-2)9-3-4-9/h8-10,12H,3-4,6-7H2,1-2H3. The van der Waals surface area contributed by atoms with Gasteiger partial charge in [0.05, 0.1) is 18.6 Å². The van der Waals surface area contributed by atoms with Gasteiger partial charge in [-0.1, -0.05) is 0 Å². The molecule has 2 atom stereocenters. The van der Waals surface area contributed by atoms with Crippen molar-refractivity contribution in [3.63, 3.8) is 0 Å². The number of nitrogens with zero attached hydrogens (tertiary/aromatic N) is 1. The first-order valence-corrected chi connectivity index (χ1v) is 4.90. The molecule has 1 N–H and O–H groups in total. The van der Waals surface area contributed by atoms with Crippen LogP contribution in [0, 0.1) is 23.2 Å². The smallest absolute Gasteiger partial charge is 0.0666 e. The van der Waals surface area contributed by atoms with E-state index >= 15 is 0 Å². The van der Waals surface area contributed by atoms with Gasteiger partial charge in [-0.3, -0.25) is 0 Å². The van der Waals surface area contributed by atoms with Gasteiger partial charge in [-0.05, 0) is 25.7 Å². The van der Waals surface area contributed by atoms with Crippen molar-refractivity contribution in [2.45, 2.75) is 25.8 Å². The van der Waals surface area contributed by atoms with Crippen LogP contribution < -0.4 is 5.32 Å². The van der Waals surface area contributed by atoms with E-state index in [0.717, 1.165) is 19.1 Å². The van der Waals surface area contributed by atoms with Gasteiger partial charge in [-0.15, -0.1) is 0 Å². The van der Waals surface area contributed by atoms with Crippen LogP contribution in [0.15, 0.2) is 0 Å². The topological polar surface area (TPSA) is 45.0 Å². The van der Waals surface area contributed by atoms with E-state index in [1.165, 1.54) is 12.8 Å². The maximum atomic E-state index is 8.61. The second kappa shape index (κ2) is 5.21. The van der Waals surface area contributed by atoms with E-state index in [-0.39, 0.29) is 5.92 Å². The molecule has 1 aliphatic rings. The summed E-state index contributed by atoms with van der Waals surface area (Å²) in [5.41, 5.74) is 0. The third-order valence-electron chi connectivity index (χ3n) is 2.44. The molecule has 0 aromatic rings. The van der Waals surface area contributed by atoms with Crippen molar-refractivity contribution in [3.8, 4) is 6.07 Å². The fourth-order valence-electron chi connectivity index (χ4n) is 1.41. The summed E-state index contributed by atoms with van der Waals surface area (Å²) < 4.78 is 5.13. The molecule has 0 aromatic carbocycles. The van der Waals surface area contributed by atoms with Gasteiger partial charge in [-0.25, -0.2) is 0 Å². The van der Waals surface area contributed by atoms with E-state index in [9.17, 15) is 0 Å². The van der Waals surface area contributed by atoms with Gasteiger partial charge in [-0.2, -0.15) is 5.26 Å². The first kappa shape index (κ1) is 10.5. The maximum Gasteiger partial charge on any atom is 0.0666 e. The maximum absolute atomic E-state index is 8.61. The van der Waals surface area contributed by atoms with Crippen LogP contribution >= 0.6 is 0 Å². The number of methoxy groups -OCH3 is 1. The van der Waals surface area contributed by atoms with Crippen LogP contribution in [0.1, 0.15) is 19.8 Å². The van der Waals surface area contributed by atoms with Gasteiger partial charge in [0.1, 0.15) is 0 Å². The molecule has 0 heterocycles. The molecule has 0 amide bonds. The minimum Gasteiger partial charge on any atom is -0.383 e. The lowest BCUT2D eigenvalue weighted by atomic mass is 10.1. The number of nitriles is 1. The summed E-state index contributed by atoms with van der Waals surface area (Å²) in [4.78, 5) is 0. The molecule has 3 nitrogen and oxygen atoms in total. The third kappa shape index (κ3) is 3.75. The quantitative estimate of drug-likeness (QED) is 0.670. The second-order valence-corrected chi connectivity index (χ2v) is 3.84. The molecule has 2 unspecified atom stereocenters. The van der Waals surface area contributed by atoms with E-state index in [0.29, 0.717) is 6.04 Å². The van der Waals surface area contributed by atoms with E-state index in [4.69, 9.17) is 10.00 Å². The highest BCUT2D eigenvalue weighted by molar-refractivity contribution is 4.88. The van der Waals surface area contributed by atoms with Gasteiger partial charge in [0, 0.05) is 19.7 Å². The fraction of sp³-hybridized carbons (Fsp3) is 0.900. The average Bonchev–Trinajstić information content (AvgIpc) is 2.94. The Hall–Kier alpha value is -0.590. The van der Waals surface area contributed by atoms with Crippen LogP contribution in [0.4, 0.5) is 0 Å². The Balaban J connectivity index is 2.18. The summed E-state index contributed by atoms with van der Waals surface area (Å²) in [5, 5.41) is 12.0. The molecule has 0 aromatic heterocycles. The zero-order chi connectivity index (χ0) is 9.68. The molecule has 1 fully saturated rings. The highest BCUT2D eigenvalue weighted by Crippen LogP contribution is 2.32. The molecule has 1 rings (SSSR count). The third-order valence-corrected chi connectivity index (χ3v) is 2.44. The Kier molecular flexibility index (Phi) is 4.20. The summed E-state index contributed by atoms with van der Waals surface area (Å²) in [5.74, 6) is 0.879. The lowest BCUT2D eigenvalue weighted by molar-refractivity contribution is 0.156. The lowest BCUT2D eigenvalue weighted by Gasteiger charge is -2.17. The summed E-state index contributed by atoms with van der Waals surface area (Å²) in [6.07, 6.45) is 2.62. The summed E-state index contributed by atoms with van der Waals surface area (Å²) in [6.45, 7) is 3.48. The number of ether oxygens (including phenoxy) is 1. The van der Waals surface area contributed by atoms with Gasteiger partial charge in [0.15, 0.2) is 0 Å². The predicted molar refractivity (Wildman–Crippen MR) is 51.2 cm³/mol. The summed E-state index contributed by atoms with van der Waals surface area (Å²) in [6, 6.07) is 2.68. The molecular weight excluding hydrogens is 164 g/mol. The Morgan fingerprint density at radius 2 is 2.31 bits per heavy atom. The molecule has 0 bridgehead atoms. The van der Waals surface area contributed by atoms with Gasteiger partial charge in [0.2, 0.25) is 0 Å². The first-order valence-electron chi connectivity index (χ1n) is 4.90. The van der Waals surface area contributed by atoms with E-state index in [1.54, 1.807) is 7.11 Å². The van der Waals surface area contributed by atoms with E-state index in [2.05, 4.69) is 11.4 Å². The first-order chi connectivity index (χ1) is 6.27. The Morgan fingerprint density at radius 1 is 1.62 bits per heavy atom. The van der Waals surface area contributed by atoms with Crippen LogP contribution in [0.5, 0.6) is 0 Å². The van der Waals surface area contributed by atoms with Crippen LogP contribution in [0.25, 0.3) is 0 Å².